The molecule has 0 spiro atoms. The minimum Gasteiger partial charge on any atom is -0.506 e. The molecular weight excluding hydrogens is 391 g/mol. The number of phenolic OH excluding ortho intramolecular Hbond substituents is 1. The monoisotopic (exact) mass is 415 g/mol. The van der Waals surface area contributed by atoms with Crippen LogP contribution in [0.3, 0.4) is 0 Å². The fourth-order valence-electron chi connectivity index (χ4n) is 3.92. The predicted octanol–water partition coefficient (Wildman–Crippen LogP) is 2.83. The Morgan fingerprint density at radius 3 is 2.69 bits per heavy atom. The van der Waals surface area contributed by atoms with Crippen molar-refractivity contribution >= 4 is 33.1 Å². The van der Waals surface area contributed by atoms with Crippen molar-refractivity contribution < 1.29 is 23.9 Å². The summed E-state index contributed by atoms with van der Waals surface area (Å²) in [6, 6.07) is 12.3. The molecule has 0 aliphatic carbocycles. The zero-order chi connectivity index (χ0) is 20.4. The maximum absolute atomic E-state index is 14.6. The minimum absolute atomic E-state index is 0.284. The van der Waals surface area contributed by atoms with Gasteiger partial charge in [0.25, 0.3) is 0 Å². The van der Waals surface area contributed by atoms with E-state index in [1.807, 2.05) is 24.3 Å². The molecule has 0 radical (unpaired) electrons. The van der Waals surface area contributed by atoms with Crippen LogP contribution in [0.4, 0.5) is 10.1 Å². The summed E-state index contributed by atoms with van der Waals surface area (Å²) in [6.07, 6.45) is 0. The number of esters is 1. The molecule has 1 saturated heterocycles. The van der Waals surface area contributed by atoms with E-state index in [0.29, 0.717) is 23.4 Å². The highest BCUT2D eigenvalue weighted by Crippen LogP contribution is 2.33. The number of hydrogen-bond donors (Lipinski definition) is 2. The van der Waals surface area contributed by atoms with Crippen molar-refractivity contribution in [3.05, 3.63) is 58.7 Å². The van der Waals surface area contributed by atoms with Crippen LogP contribution in [-0.2, 0) is 11.3 Å². The topological polar surface area (TPSA) is 54.2 Å². The van der Waals surface area contributed by atoms with Crippen LogP contribution in [-0.4, -0.2) is 43.9 Å². The van der Waals surface area contributed by atoms with Gasteiger partial charge in [0.05, 0.1) is 38.5 Å². The van der Waals surface area contributed by atoms with Crippen LogP contribution in [0.1, 0.15) is 22.2 Å². The number of nitrogens with one attached hydrogen (secondary N) is 1. The summed E-state index contributed by atoms with van der Waals surface area (Å²) in [7, 11) is 0. The number of carbonyl (C=O) groups excluding carboxylic acids is 1. The van der Waals surface area contributed by atoms with Gasteiger partial charge in [-0.05, 0) is 31.2 Å². The average Bonchev–Trinajstić information content (AvgIpc) is 3.09. The third-order valence-corrected chi connectivity index (χ3v) is 6.52. The van der Waals surface area contributed by atoms with Crippen LogP contribution in [0.5, 0.6) is 5.75 Å². The number of anilines is 1. The number of hydrogen-bond acceptors (Lipinski definition) is 5. The highest BCUT2D eigenvalue weighted by molar-refractivity contribution is 7.21. The molecule has 152 valence electrons. The first-order valence-electron chi connectivity index (χ1n) is 9.82. The number of benzene rings is 2. The molecule has 5 nitrogen and oxygen atoms in total. The van der Waals surface area contributed by atoms with Crippen molar-refractivity contribution in [1.29, 1.82) is 0 Å². The van der Waals surface area contributed by atoms with E-state index in [-0.39, 0.29) is 17.5 Å². The molecule has 1 aliphatic heterocycles. The van der Waals surface area contributed by atoms with E-state index in [0.717, 1.165) is 42.1 Å². The number of piperazine rings is 1. The number of ether oxygens (including phenoxy) is 1. The number of fused-ring (bicyclic) bond motifs is 1. The third-order valence-electron chi connectivity index (χ3n) is 5.34. The second kappa shape index (κ2) is 8.39. The van der Waals surface area contributed by atoms with E-state index in [1.165, 1.54) is 22.3 Å². The minimum atomic E-state index is -0.379. The Labute approximate surface area is 172 Å². The normalized spacial score (nSPS) is 15.0. The van der Waals surface area contributed by atoms with Gasteiger partial charge < -0.3 is 19.6 Å². The first-order valence-corrected chi connectivity index (χ1v) is 10.6. The largest absolute Gasteiger partial charge is 0.506 e. The molecule has 2 aromatic carbocycles. The lowest BCUT2D eigenvalue weighted by atomic mass is 10.1. The number of quaternary nitrogens is 1. The number of phenols is 1. The molecule has 1 aliphatic rings. The molecule has 0 saturated carbocycles. The van der Waals surface area contributed by atoms with E-state index in [1.54, 1.807) is 19.1 Å². The standard InChI is InChI=1S/C22H23FN2O3S/c1-2-28-22(27)21-15(20-16(23)6-5-9-19(20)29-21)14-24-10-12-25(13-11-24)17-7-3-4-8-18(17)26/h3-9,26H,2,10-14H2,1H3/p+1. The fraction of sp³-hybridized carbons (Fsp3) is 0.318. The number of aromatic hydroxyl groups is 1. The zero-order valence-electron chi connectivity index (χ0n) is 16.3. The van der Waals surface area contributed by atoms with Crippen molar-refractivity contribution in [3.8, 4) is 5.75 Å². The van der Waals surface area contributed by atoms with Gasteiger partial charge in [-0.3, -0.25) is 0 Å². The van der Waals surface area contributed by atoms with Crippen LogP contribution in [0.25, 0.3) is 10.1 Å². The number of halogens is 1. The highest BCUT2D eigenvalue weighted by atomic mass is 32.1. The summed E-state index contributed by atoms with van der Waals surface area (Å²) >= 11 is 1.30. The van der Waals surface area contributed by atoms with Crippen LogP contribution < -0.4 is 9.80 Å². The molecule has 0 amide bonds. The molecule has 1 aromatic heterocycles. The summed E-state index contributed by atoms with van der Waals surface area (Å²) in [4.78, 5) is 16.4. The number of carbonyl (C=O) groups is 1. The first kappa shape index (κ1) is 19.7. The van der Waals surface area contributed by atoms with Gasteiger partial charge in [-0.25, -0.2) is 9.18 Å². The van der Waals surface area contributed by atoms with Gasteiger partial charge in [-0.15, -0.1) is 11.3 Å². The van der Waals surface area contributed by atoms with E-state index < -0.39 is 0 Å². The Morgan fingerprint density at radius 1 is 1.21 bits per heavy atom. The number of rotatable bonds is 5. The number of para-hydroxylation sites is 2. The van der Waals surface area contributed by atoms with Crippen molar-refractivity contribution in [2.45, 2.75) is 13.5 Å². The molecule has 2 N–H and O–H groups in total. The predicted molar refractivity (Wildman–Crippen MR) is 112 cm³/mol. The van der Waals surface area contributed by atoms with Gasteiger partial charge in [0.2, 0.25) is 0 Å². The maximum atomic E-state index is 14.6. The lowest BCUT2D eigenvalue weighted by Crippen LogP contribution is -3.13. The smallest absolute Gasteiger partial charge is 0.348 e. The van der Waals surface area contributed by atoms with Gasteiger partial charge in [0, 0.05) is 15.6 Å². The molecule has 7 heteroatoms. The highest BCUT2D eigenvalue weighted by Gasteiger charge is 2.28. The Bertz CT molecular complexity index is 1030. The van der Waals surface area contributed by atoms with E-state index >= 15 is 0 Å². The van der Waals surface area contributed by atoms with Gasteiger partial charge in [-0.1, -0.05) is 18.2 Å². The van der Waals surface area contributed by atoms with E-state index in [9.17, 15) is 14.3 Å². The van der Waals surface area contributed by atoms with Gasteiger partial charge in [0.15, 0.2) is 0 Å². The van der Waals surface area contributed by atoms with E-state index in [4.69, 9.17) is 4.74 Å². The number of thiophene rings is 1. The molecule has 0 atom stereocenters. The lowest BCUT2D eigenvalue weighted by molar-refractivity contribution is -0.914. The Balaban J connectivity index is 1.56. The van der Waals surface area contributed by atoms with Gasteiger partial charge >= 0.3 is 5.97 Å². The molecule has 2 heterocycles. The van der Waals surface area contributed by atoms with Gasteiger partial charge in [0.1, 0.15) is 23.0 Å². The van der Waals surface area contributed by atoms with Crippen molar-refractivity contribution in [2.24, 2.45) is 0 Å². The summed E-state index contributed by atoms with van der Waals surface area (Å²) in [5, 5.41) is 10.6. The molecule has 1 fully saturated rings. The van der Waals surface area contributed by atoms with Crippen LogP contribution in [0.2, 0.25) is 0 Å². The summed E-state index contributed by atoms with van der Waals surface area (Å²) in [5.41, 5.74) is 1.58. The van der Waals surface area contributed by atoms with Crippen LogP contribution in [0.15, 0.2) is 42.5 Å². The van der Waals surface area contributed by atoms with Gasteiger partial charge in [-0.2, -0.15) is 0 Å². The first-order chi connectivity index (χ1) is 14.1. The SMILES string of the molecule is CCOC(=O)c1sc2cccc(F)c2c1C[NH+]1CCN(c2ccccc2O)CC1. The zero-order valence-corrected chi connectivity index (χ0v) is 17.1. The summed E-state index contributed by atoms with van der Waals surface area (Å²) in [6.45, 7) is 5.88. The summed E-state index contributed by atoms with van der Waals surface area (Å²) in [5.74, 6) is -0.390. The lowest BCUT2D eigenvalue weighted by Gasteiger charge is -2.34. The summed E-state index contributed by atoms with van der Waals surface area (Å²) < 4.78 is 20.6. The Hall–Kier alpha value is -2.64. The van der Waals surface area contributed by atoms with Crippen LogP contribution in [0, 0.1) is 5.82 Å². The van der Waals surface area contributed by atoms with Crippen LogP contribution >= 0.6 is 11.3 Å². The second-order valence-corrected chi connectivity index (χ2v) is 8.20. The quantitative estimate of drug-likeness (QED) is 0.630. The average molecular weight is 416 g/mol. The Kier molecular flexibility index (Phi) is 5.69. The van der Waals surface area contributed by atoms with Crippen molar-refractivity contribution in [1.82, 2.24) is 0 Å². The molecule has 29 heavy (non-hydrogen) atoms. The second-order valence-electron chi connectivity index (χ2n) is 7.15. The maximum Gasteiger partial charge on any atom is 0.348 e. The molecule has 4 rings (SSSR count). The third kappa shape index (κ3) is 3.93. The molecule has 3 aromatic rings. The van der Waals surface area contributed by atoms with Crippen molar-refractivity contribution in [2.75, 3.05) is 37.7 Å². The number of nitrogens with zero attached hydrogens (tertiary/aromatic N) is 1. The Morgan fingerprint density at radius 2 is 1.97 bits per heavy atom. The molecule has 0 unspecified atom stereocenters. The fourth-order valence-corrected chi connectivity index (χ4v) is 5.05. The molecular formula is C22H24FN2O3S+. The van der Waals surface area contributed by atoms with Crippen molar-refractivity contribution in [3.63, 3.8) is 0 Å². The molecule has 0 bridgehead atoms. The van der Waals surface area contributed by atoms with E-state index in [2.05, 4.69) is 4.90 Å².